The fourth-order valence-electron chi connectivity index (χ4n) is 5.20. The van der Waals surface area contributed by atoms with Crippen molar-refractivity contribution in [2.75, 3.05) is 26.4 Å². The molecule has 0 bridgehead atoms. The molecule has 0 fully saturated rings. The van der Waals surface area contributed by atoms with Crippen LogP contribution in [-0.4, -0.2) is 60.5 Å². The quantitative estimate of drug-likeness (QED) is 0.0241. The first kappa shape index (κ1) is 49.2. The van der Waals surface area contributed by atoms with Crippen LogP contribution in [0.5, 0.6) is 0 Å². The lowest BCUT2D eigenvalue weighted by Gasteiger charge is -2.20. The summed E-state index contributed by atoms with van der Waals surface area (Å²) in [6, 6.07) is -1.47. The molecule has 3 atom stereocenters. The van der Waals surface area contributed by atoms with E-state index in [9.17, 15) is 19.0 Å². The normalized spacial score (nSPS) is 14.4. The first-order valence-corrected chi connectivity index (χ1v) is 21.5. The number of carboxylic acids is 1. The highest BCUT2D eigenvalue weighted by molar-refractivity contribution is 7.47. The first-order chi connectivity index (χ1) is 24.7. The van der Waals surface area contributed by atoms with Gasteiger partial charge in [-0.1, -0.05) is 134 Å². The van der Waals surface area contributed by atoms with Crippen molar-refractivity contribution in [1.29, 1.82) is 0 Å². The maximum absolute atomic E-state index is 12.6. The Morgan fingerprint density at radius 2 is 1.10 bits per heavy atom. The molecule has 0 heterocycles. The fourth-order valence-corrected chi connectivity index (χ4v) is 5.98. The molecule has 0 aliphatic rings. The summed E-state index contributed by atoms with van der Waals surface area (Å²) in [5, 5.41) is 8.87. The number of allylic oxidation sites excluding steroid dienone is 6. The standard InChI is InChI=1S/C40H74NO9P/c1-3-5-7-9-11-13-15-17-19-21-23-25-27-29-31-33-47-34-37(35-48-51(45,46)49-36-38(41)40(43)44)50-39(42)32-30-28-26-24-22-20-18-16-14-12-10-8-6-4-2/h9,11,15-18,37-38H,3-8,10,12-14,19-36,41H2,1-2H3,(H,43,44)(H,45,46)/b11-9-,17-15-,18-16-. The number of hydrogen-bond acceptors (Lipinski definition) is 8. The Labute approximate surface area is 310 Å². The Balaban J connectivity index is 4.32. The third-order valence-electron chi connectivity index (χ3n) is 8.39. The second-order valence-corrected chi connectivity index (χ2v) is 14.9. The van der Waals surface area contributed by atoms with Gasteiger partial charge in [0.05, 0.1) is 19.8 Å². The van der Waals surface area contributed by atoms with Crippen LogP contribution in [0.2, 0.25) is 0 Å². The molecule has 4 N–H and O–H groups in total. The van der Waals surface area contributed by atoms with Crippen LogP contribution in [0.25, 0.3) is 0 Å². The van der Waals surface area contributed by atoms with Crippen LogP contribution in [0.3, 0.4) is 0 Å². The lowest BCUT2D eigenvalue weighted by atomic mass is 10.1. The maximum atomic E-state index is 12.6. The van der Waals surface area contributed by atoms with E-state index in [4.69, 9.17) is 29.4 Å². The van der Waals surface area contributed by atoms with Crippen molar-refractivity contribution < 1.29 is 42.7 Å². The minimum atomic E-state index is -4.62. The van der Waals surface area contributed by atoms with Crippen molar-refractivity contribution in [1.82, 2.24) is 0 Å². The largest absolute Gasteiger partial charge is 0.480 e. The average molecular weight is 744 g/mol. The highest BCUT2D eigenvalue weighted by atomic mass is 31.2. The van der Waals surface area contributed by atoms with Gasteiger partial charge >= 0.3 is 19.8 Å². The maximum Gasteiger partial charge on any atom is 0.472 e. The summed E-state index contributed by atoms with van der Waals surface area (Å²) in [6.07, 6.45) is 39.0. The fraction of sp³-hybridized carbons (Fsp3) is 0.800. The van der Waals surface area contributed by atoms with Gasteiger partial charge in [-0.3, -0.25) is 18.6 Å². The number of esters is 1. The zero-order valence-electron chi connectivity index (χ0n) is 32.2. The molecule has 0 radical (unpaired) electrons. The average Bonchev–Trinajstić information content (AvgIpc) is 3.10. The Hall–Kier alpha value is -1.81. The Morgan fingerprint density at radius 1 is 0.627 bits per heavy atom. The molecule has 0 saturated heterocycles. The van der Waals surface area contributed by atoms with Gasteiger partial charge in [0.2, 0.25) is 0 Å². The first-order valence-electron chi connectivity index (χ1n) is 20.0. The third-order valence-corrected chi connectivity index (χ3v) is 9.34. The number of carbonyl (C=O) groups excluding carboxylic acids is 1. The zero-order chi connectivity index (χ0) is 37.7. The number of hydrogen-bond donors (Lipinski definition) is 3. The van der Waals surface area contributed by atoms with Crippen LogP contribution in [0.15, 0.2) is 36.5 Å². The molecule has 51 heavy (non-hydrogen) atoms. The van der Waals surface area contributed by atoms with E-state index in [1.807, 2.05) is 0 Å². The monoisotopic (exact) mass is 744 g/mol. The number of aliphatic carboxylic acids is 1. The second-order valence-electron chi connectivity index (χ2n) is 13.4. The highest BCUT2D eigenvalue weighted by Gasteiger charge is 2.27. The number of unbranched alkanes of at least 4 members (excludes halogenated alkanes) is 18. The van der Waals surface area contributed by atoms with Crippen molar-refractivity contribution in [2.45, 2.75) is 180 Å². The van der Waals surface area contributed by atoms with E-state index in [1.54, 1.807) is 0 Å². The molecule has 0 aromatic rings. The molecule has 298 valence electrons. The molecule has 0 aliphatic carbocycles. The Morgan fingerprint density at radius 3 is 1.67 bits per heavy atom. The Kier molecular flexibility index (Phi) is 35.2. The summed E-state index contributed by atoms with van der Waals surface area (Å²) in [5.74, 6) is -1.79. The van der Waals surface area contributed by atoms with Gasteiger partial charge in [0.15, 0.2) is 0 Å². The second kappa shape index (κ2) is 36.5. The van der Waals surface area contributed by atoms with E-state index in [2.05, 4.69) is 50.3 Å². The van der Waals surface area contributed by atoms with Gasteiger partial charge in [-0.25, -0.2) is 4.57 Å². The number of carboxylic acid groups (broad SMARTS) is 1. The zero-order valence-corrected chi connectivity index (χ0v) is 33.1. The number of ether oxygens (including phenoxy) is 2. The van der Waals surface area contributed by atoms with Crippen LogP contribution in [0.1, 0.15) is 168 Å². The van der Waals surface area contributed by atoms with E-state index >= 15 is 0 Å². The number of nitrogens with two attached hydrogens (primary N) is 1. The predicted octanol–water partition coefficient (Wildman–Crippen LogP) is 10.5. The van der Waals surface area contributed by atoms with Crippen LogP contribution < -0.4 is 5.73 Å². The van der Waals surface area contributed by atoms with Crippen molar-refractivity contribution in [3.05, 3.63) is 36.5 Å². The SMILES string of the molecule is CCCC/C=C\C/C=C\CCCCCCCCOCC(COP(=O)(O)OCC(N)C(=O)O)OC(=O)CCCCCCC/C=C\CCCCCCC. The van der Waals surface area contributed by atoms with Gasteiger partial charge in [0.25, 0.3) is 0 Å². The van der Waals surface area contributed by atoms with Crippen LogP contribution in [-0.2, 0) is 32.7 Å². The van der Waals surface area contributed by atoms with Crippen molar-refractivity contribution in [3.63, 3.8) is 0 Å². The number of rotatable bonds is 38. The van der Waals surface area contributed by atoms with Gasteiger partial charge in [-0.05, 0) is 64.2 Å². The highest BCUT2D eigenvalue weighted by Crippen LogP contribution is 2.43. The van der Waals surface area contributed by atoms with E-state index in [0.717, 1.165) is 64.2 Å². The topological polar surface area (TPSA) is 155 Å². The van der Waals surface area contributed by atoms with Crippen molar-refractivity contribution in [3.8, 4) is 0 Å². The van der Waals surface area contributed by atoms with Crippen LogP contribution in [0.4, 0.5) is 0 Å². The van der Waals surface area contributed by atoms with E-state index in [0.29, 0.717) is 13.0 Å². The molecule has 0 amide bonds. The molecule has 0 spiro atoms. The molecular formula is C40H74NO9P. The summed E-state index contributed by atoms with van der Waals surface area (Å²) in [4.78, 5) is 33.4. The van der Waals surface area contributed by atoms with Gasteiger partial charge in [0, 0.05) is 13.0 Å². The van der Waals surface area contributed by atoms with Gasteiger partial charge in [-0.2, -0.15) is 0 Å². The van der Waals surface area contributed by atoms with E-state index in [-0.39, 0.29) is 13.0 Å². The minimum Gasteiger partial charge on any atom is -0.480 e. The molecular weight excluding hydrogens is 669 g/mol. The summed E-state index contributed by atoms with van der Waals surface area (Å²) in [6.45, 7) is 3.79. The number of carbonyl (C=O) groups is 2. The molecule has 3 unspecified atom stereocenters. The lowest BCUT2D eigenvalue weighted by molar-refractivity contribution is -0.154. The van der Waals surface area contributed by atoms with E-state index in [1.165, 1.54) is 77.0 Å². The van der Waals surface area contributed by atoms with Gasteiger partial charge in [0.1, 0.15) is 12.1 Å². The molecule has 11 heteroatoms. The predicted molar refractivity (Wildman–Crippen MR) is 208 cm³/mol. The molecule has 0 rings (SSSR count). The smallest absolute Gasteiger partial charge is 0.472 e. The molecule has 0 saturated carbocycles. The van der Waals surface area contributed by atoms with Gasteiger partial charge < -0.3 is 25.2 Å². The summed E-state index contributed by atoms with van der Waals surface area (Å²) < 4.78 is 33.2. The summed E-state index contributed by atoms with van der Waals surface area (Å²) >= 11 is 0. The van der Waals surface area contributed by atoms with Crippen LogP contribution in [0, 0.1) is 0 Å². The van der Waals surface area contributed by atoms with Crippen molar-refractivity contribution >= 4 is 19.8 Å². The molecule has 10 nitrogen and oxygen atoms in total. The molecule has 0 aromatic heterocycles. The Bertz CT molecular complexity index is 956. The summed E-state index contributed by atoms with van der Waals surface area (Å²) in [5.41, 5.74) is 5.34. The number of phosphoric acid groups is 1. The minimum absolute atomic E-state index is 0.00671. The third kappa shape index (κ3) is 36.3. The lowest BCUT2D eigenvalue weighted by Crippen LogP contribution is -2.34. The summed E-state index contributed by atoms with van der Waals surface area (Å²) in [7, 11) is -4.62. The van der Waals surface area contributed by atoms with E-state index < -0.39 is 45.1 Å². The number of phosphoric ester groups is 1. The van der Waals surface area contributed by atoms with Gasteiger partial charge in [-0.15, -0.1) is 0 Å². The van der Waals surface area contributed by atoms with Crippen molar-refractivity contribution in [2.24, 2.45) is 5.73 Å². The molecule has 0 aliphatic heterocycles. The van der Waals surface area contributed by atoms with Crippen LogP contribution >= 0.6 is 7.82 Å². The molecule has 0 aromatic carbocycles.